The van der Waals surface area contributed by atoms with Crippen molar-refractivity contribution >= 4 is 38.7 Å². The Morgan fingerprint density at radius 1 is 1.36 bits per heavy atom. The Balaban J connectivity index is 1.79. The molecule has 1 atom stereocenters. The van der Waals surface area contributed by atoms with E-state index in [1.807, 2.05) is 6.07 Å². The van der Waals surface area contributed by atoms with Crippen molar-refractivity contribution in [2.24, 2.45) is 0 Å². The molecule has 1 amide bonds. The number of hydrogen-bond donors (Lipinski definition) is 1. The summed E-state index contributed by atoms with van der Waals surface area (Å²) in [5, 5.41) is 2.78. The summed E-state index contributed by atoms with van der Waals surface area (Å²) < 4.78 is 9.80. The molecular weight excluding hydrogens is 388 g/mol. The molecule has 8 heteroatoms. The maximum Gasteiger partial charge on any atom is 0.334 e. The number of ether oxygens (including phenoxy) is 1. The highest BCUT2D eigenvalue weighted by Crippen LogP contribution is 2.25. The van der Waals surface area contributed by atoms with Gasteiger partial charge in [0, 0.05) is 22.9 Å². The van der Waals surface area contributed by atoms with Crippen LogP contribution in [0.15, 0.2) is 27.6 Å². The fourth-order valence-electron chi connectivity index (χ4n) is 3.42. The summed E-state index contributed by atoms with van der Waals surface area (Å²) >= 11 is 3.44. The molecule has 132 valence electrons. The summed E-state index contributed by atoms with van der Waals surface area (Å²) in [5.74, 6) is -0.122. The lowest BCUT2D eigenvalue weighted by atomic mass is 10.0. The van der Waals surface area contributed by atoms with Crippen LogP contribution in [0.25, 0.3) is 16.9 Å². The van der Waals surface area contributed by atoms with Gasteiger partial charge in [0.05, 0.1) is 18.2 Å². The fraction of sp³-hybridized carbons (Fsp3) is 0.471. The van der Waals surface area contributed by atoms with Gasteiger partial charge in [-0.15, -0.1) is 0 Å². The van der Waals surface area contributed by atoms with Crippen LogP contribution < -0.4 is 11.0 Å². The zero-order chi connectivity index (χ0) is 17.4. The highest BCUT2D eigenvalue weighted by atomic mass is 79.9. The molecule has 0 bridgehead atoms. The first-order valence-electron chi connectivity index (χ1n) is 8.48. The summed E-state index contributed by atoms with van der Waals surface area (Å²) in [6.07, 6.45) is 7.73. The average molecular weight is 407 g/mol. The lowest BCUT2D eigenvalue weighted by Crippen LogP contribution is -2.45. The number of pyridine rings is 1. The molecule has 4 rings (SSSR count). The van der Waals surface area contributed by atoms with E-state index >= 15 is 0 Å². The number of carbonyl (C=O) groups is 1. The van der Waals surface area contributed by atoms with Gasteiger partial charge in [0.2, 0.25) is 5.91 Å². The van der Waals surface area contributed by atoms with Crippen LogP contribution in [0.3, 0.4) is 0 Å². The topological polar surface area (TPSA) is 78.2 Å². The Morgan fingerprint density at radius 2 is 2.24 bits per heavy atom. The van der Waals surface area contributed by atoms with E-state index < -0.39 is 0 Å². The van der Waals surface area contributed by atoms with E-state index in [1.165, 1.54) is 0 Å². The first kappa shape index (κ1) is 16.5. The molecule has 7 nitrogen and oxygen atoms in total. The SMILES string of the molecule is O=C1COC(Cn2c(=O)n(C3=CCCCC3)c3ncc(Br)cc32)CN1. The van der Waals surface area contributed by atoms with Gasteiger partial charge in [-0.2, -0.15) is 0 Å². The molecule has 1 aliphatic heterocycles. The number of nitrogens with one attached hydrogen (secondary N) is 1. The molecular formula is C17H19BrN4O3. The highest BCUT2D eigenvalue weighted by molar-refractivity contribution is 9.10. The number of halogens is 1. The molecule has 0 aromatic carbocycles. The van der Waals surface area contributed by atoms with E-state index in [-0.39, 0.29) is 24.3 Å². The second-order valence-corrected chi connectivity index (χ2v) is 7.32. The van der Waals surface area contributed by atoms with Crippen molar-refractivity contribution in [3.05, 3.63) is 33.3 Å². The summed E-state index contributed by atoms with van der Waals surface area (Å²) in [6.45, 7) is 0.821. The van der Waals surface area contributed by atoms with Gasteiger partial charge in [0.1, 0.15) is 6.61 Å². The maximum atomic E-state index is 13.1. The van der Waals surface area contributed by atoms with E-state index in [0.29, 0.717) is 18.7 Å². The minimum atomic E-state index is -0.228. The first-order chi connectivity index (χ1) is 12.1. The van der Waals surface area contributed by atoms with Gasteiger partial charge in [0.25, 0.3) is 0 Å². The van der Waals surface area contributed by atoms with Crippen molar-refractivity contribution in [1.82, 2.24) is 19.4 Å². The summed E-state index contributed by atoms with van der Waals surface area (Å²) in [5.41, 5.74) is 2.36. The fourth-order valence-corrected chi connectivity index (χ4v) is 3.74. The van der Waals surface area contributed by atoms with Gasteiger partial charge >= 0.3 is 5.69 Å². The Hall–Kier alpha value is -1.93. The molecule has 1 N–H and O–H groups in total. The number of fused-ring (bicyclic) bond motifs is 1. The minimum absolute atomic E-state index is 0.0329. The van der Waals surface area contributed by atoms with Gasteiger partial charge in [-0.05, 0) is 47.7 Å². The Labute approximate surface area is 152 Å². The van der Waals surface area contributed by atoms with E-state index in [2.05, 4.69) is 32.3 Å². The van der Waals surface area contributed by atoms with E-state index in [0.717, 1.165) is 41.4 Å². The highest BCUT2D eigenvalue weighted by Gasteiger charge is 2.24. The van der Waals surface area contributed by atoms with Crippen molar-refractivity contribution in [3.63, 3.8) is 0 Å². The number of carbonyl (C=O) groups excluding carboxylic acids is 1. The van der Waals surface area contributed by atoms with E-state index in [9.17, 15) is 9.59 Å². The molecule has 0 saturated carbocycles. The molecule has 0 radical (unpaired) electrons. The number of amides is 1. The van der Waals surface area contributed by atoms with Crippen LogP contribution in [0.2, 0.25) is 0 Å². The third-order valence-corrected chi connectivity index (χ3v) is 5.09. The number of hydrogen-bond acceptors (Lipinski definition) is 4. The second-order valence-electron chi connectivity index (χ2n) is 6.40. The van der Waals surface area contributed by atoms with Crippen LogP contribution in [0.1, 0.15) is 25.7 Å². The lowest BCUT2D eigenvalue weighted by Gasteiger charge is -2.23. The van der Waals surface area contributed by atoms with Gasteiger partial charge in [-0.3, -0.25) is 9.36 Å². The van der Waals surface area contributed by atoms with Crippen molar-refractivity contribution < 1.29 is 9.53 Å². The van der Waals surface area contributed by atoms with Crippen molar-refractivity contribution in [2.45, 2.75) is 38.3 Å². The zero-order valence-corrected chi connectivity index (χ0v) is 15.3. The van der Waals surface area contributed by atoms with Crippen LogP contribution in [-0.4, -0.2) is 39.3 Å². The van der Waals surface area contributed by atoms with Crippen LogP contribution in [0.5, 0.6) is 0 Å². The largest absolute Gasteiger partial charge is 0.365 e. The predicted octanol–water partition coefficient (Wildman–Crippen LogP) is 1.89. The second kappa shape index (κ2) is 6.76. The molecule has 1 fully saturated rings. The smallest absolute Gasteiger partial charge is 0.334 e. The maximum absolute atomic E-state index is 13.1. The van der Waals surface area contributed by atoms with E-state index in [4.69, 9.17) is 4.74 Å². The molecule has 1 aliphatic carbocycles. The number of allylic oxidation sites excluding steroid dienone is 2. The van der Waals surface area contributed by atoms with Crippen molar-refractivity contribution in [2.75, 3.05) is 13.2 Å². The quantitative estimate of drug-likeness (QED) is 0.843. The standard InChI is InChI=1S/C17H19BrN4O3/c18-11-6-14-16(20-7-11)22(12-4-2-1-3-5-12)17(24)21(14)9-13-8-19-15(23)10-25-13/h4,6-7,13H,1-3,5,8-10H2,(H,19,23). The Bertz CT molecular complexity index is 904. The van der Waals surface area contributed by atoms with Crippen molar-refractivity contribution in [1.29, 1.82) is 0 Å². The third kappa shape index (κ3) is 3.16. The molecule has 2 aromatic heterocycles. The Morgan fingerprint density at radius 3 is 2.96 bits per heavy atom. The molecule has 25 heavy (non-hydrogen) atoms. The van der Waals surface area contributed by atoms with Crippen LogP contribution in [-0.2, 0) is 16.1 Å². The number of morpholine rings is 1. The zero-order valence-electron chi connectivity index (χ0n) is 13.7. The van der Waals surface area contributed by atoms with Gasteiger partial charge < -0.3 is 10.1 Å². The third-order valence-electron chi connectivity index (χ3n) is 4.66. The first-order valence-corrected chi connectivity index (χ1v) is 9.27. The molecule has 3 heterocycles. The molecule has 1 saturated heterocycles. The normalized spacial score (nSPS) is 21.2. The number of aromatic nitrogens is 3. The van der Waals surface area contributed by atoms with Gasteiger partial charge in [-0.25, -0.2) is 14.3 Å². The molecule has 1 unspecified atom stereocenters. The number of imidazole rings is 1. The average Bonchev–Trinajstić information content (AvgIpc) is 2.89. The molecule has 2 aromatic rings. The summed E-state index contributed by atoms with van der Waals surface area (Å²) in [7, 11) is 0. The van der Waals surface area contributed by atoms with E-state index in [1.54, 1.807) is 15.3 Å². The van der Waals surface area contributed by atoms with Crippen LogP contribution in [0.4, 0.5) is 0 Å². The molecule has 2 aliphatic rings. The minimum Gasteiger partial charge on any atom is -0.365 e. The predicted molar refractivity (Wildman–Crippen MR) is 97.2 cm³/mol. The van der Waals surface area contributed by atoms with Gasteiger partial charge in [0.15, 0.2) is 5.65 Å². The lowest BCUT2D eigenvalue weighted by molar-refractivity contribution is -0.133. The van der Waals surface area contributed by atoms with Gasteiger partial charge in [-0.1, -0.05) is 6.08 Å². The van der Waals surface area contributed by atoms with Crippen LogP contribution in [0, 0.1) is 0 Å². The Kier molecular flexibility index (Phi) is 4.47. The number of nitrogens with zero attached hydrogens (tertiary/aromatic N) is 3. The molecule has 0 spiro atoms. The summed E-state index contributed by atoms with van der Waals surface area (Å²) in [4.78, 5) is 28.9. The van der Waals surface area contributed by atoms with Crippen molar-refractivity contribution in [3.8, 4) is 0 Å². The van der Waals surface area contributed by atoms with Crippen LogP contribution >= 0.6 is 15.9 Å². The summed E-state index contributed by atoms with van der Waals surface area (Å²) in [6, 6.07) is 1.91. The number of rotatable bonds is 3. The monoisotopic (exact) mass is 406 g/mol.